The van der Waals surface area contributed by atoms with E-state index in [1.807, 2.05) is 17.5 Å². The third-order valence-electron chi connectivity index (χ3n) is 1.04. The first-order chi connectivity index (χ1) is 5.29. The molecular formula is C7H7O2S2-. The second kappa shape index (κ2) is 4.41. The molecule has 2 nitrogen and oxygen atoms in total. The monoisotopic (exact) mass is 187 g/mol. The molecule has 1 heterocycles. The van der Waals surface area contributed by atoms with Crippen molar-refractivity contribution in [2.24, 2.45) is 0 Å². The number of aliphatic carboxylic acids is 1. The van der Waals surface area contributed by atoms with Crippen LogP contribution < -0.4 is 5.11 Å². The second-order valence-corrected chi connectivity index (χ2v) is 3.96. The van der Waals surface area contributed by atoms with Crippen LogP contribution >= 0.6 is 23.1 Å². The number of carbonyl (C=O) groups excluding carboxylic acids is 1. The number of hydrogen-bond acceptors (Lipinski definition) is 4. The molecule has 0 saturated heterocycles. The Labute approximate surface area is 73.2 Å². The number of thioether (sulfide) groups is 1. The summed E-state index contributed by atoms with van der Waals surface area (Å²) in [7, 11) is 0. The van der Waals surface area contributed by atoms with E-state index in [4.69, 9.17) is 0 Å². The van der Waals surface area contributed by atoms with Gasteiger partial charge in [-0.25, -0.2) is 0 Å². The Morgan fingerprint density at radius 2 is 2.55 bits per heavy atom. The highest BCUT2D eigenvalue weighted by molar-refractivity contribution is 7.99. The summed E-state index contributed by atoms with van der Waals surface area (Å²) < 4.78 is 0. The largest absolute Gasteiger partial charge is 0.549 e. The summed E-state index contributed by atoms with van der Waals surface area (Å²) in [6.07, 6.45) is 0. The van der Waals surface area contributed by atoms with Crippen molar-refractivity contribution >= 4 is 29.1 Å². The lowest BCUT2D eigenvalue weighted by Crippen LogP contribution is -2.24. The Balaban J connectivity index is 2.19. The zero-order valence-corrected chi connectivity index (χ0v) is 7.41. The predicted molar refractivity (Wildman–Crippen MR) is 45.5 cm³/mol. The Morgan fingerprint density at radius 1 is 1.73 bits per heavy atom. The quantitative estimate of drug-likeness (QED) is 0.697. The van der Waals surface area contributed by atoms with Gasteiger partial charge < -0.3 is 9.90 Å². The molecule has 0 fully saturated rings. The van der Waals surface area contributed by atoms with Crippen LogP contribution in [-0.4, -0.2) is 11.7 Å². The van der Waals surface area contributed by atoms with Crippen LogP contribution in [0.4, 0.5) is 0 Å². The standard InChI is InChI=1S/C7H8O2S2/c8-7(9)5-10-4-6-2-1-3-11-6/h1-3H,4-5H2,(H,8,9)/p-1. The first-order valence-electron chi connectivity index (χ1n) is 3.09. The summed E-state index contributed by atoms with van der Waals surface area (Å²) in [5.41, 5.74) is 0. The van der Waals surface area contributed by atoms with E-state index >= 15 is 0 Å². The van der Waals surface area contributed by atoms with Crippen LogP contribution in [0.1, 0.15) is 4.88 Å². The van der Waals surface area contributed by atoms with Crippen molar-refractivity contribution in [3.8, 4) is 0 Å². The van der Waals surface area contributed by atoms with Gasteiger partial charge in [0.05, 0.1) is 5.97 Å². The molecule has 0 aliphatic rings. The molecular weight excluding hydrogens is 180 g/mol. The van der Waals surface area contributed by atoms with Gasteiger partial charge in [0.1, 0.15) is 0 Å². The first-order valence-corrected chi connectivity index (χ1v) is 5.12. The molecule has 11 heavy (non-hydrogen) atoms. The maximum Gasteiger partial charge on any atom is 0.0513 e. The summed E-state index contributed by atoms with van der Waals surface area (Å²) in [6, 6.07) is 3.95. The molecule has 1 aromatic heterocycles. The van der Waals surface area contributed by atoms with Gasteiger partial charge in [-0.1, -0.05) is 6.07 Å². The number of hydrogen-bond donors (Lipinski definition) is 0. The van der Waals surface area contributed by atoms with Gasteiger partial charge in [0.15, 0.2) is 0 Å². The summed E-state index contributed by atoms with van der Waals surface area (Å²) in [5.74, 6) is -0.143. The van der Waals surface area contributed by atoms with Gasteiger partial charge in [0.2, 0.25) is 0 Å². The fourth-order valence-corrected chi connectivity index (χ4v) is 2.21. The van der Waals surface area contributed by atoms with Crippen molar-refractivity contribution in [2.75, 3.05) is 5.75 Å². The maximum atomic E-state index is 10.00. The van der Waals surface area contributed by atoms with Gasteiger partial charge in [-0.3, -0.25) is 0 Å². The van der Waals surface area contributed by atoms with Crippen molar-refractivity contribution in [1.29, 1.82) is 0 Å². The average Bonchev–Trinajstić information content (AvgIpc) is 2.39. The average molecular weight is 187 g/mol. The van der Waals surface area contributed by atoms with Crippen LogP contribution in [-0.2, 0) is 10.5 Å². The van der Waals surface area contributed by atoms with Crippen LogP contribution in [0.3, 0.4) is 0 Å². The molecule has 1 aromatic rings. The van der Waals surface area contributed by atoms with Crippen molar-refractivity contribution < 1.29 is 9.90 Å². The Hall–Kier alpha value is -0.480. The predicted octanol–water partition coefficient (Wildman–Crippen LogP) is 0.731. The first kappa shape index (κ1) is 8.62. The van der Waals surface area contributed by atoms with Crippen LogP contribution in [0, 0.1) is 0 Å². The van der Waals surface area contributed by atoms with Crippen LogP contribution in [0.15, 0.2) is 17.5 Å². The molecule has 0 saturated carbocycles. The highest BCUT2D eigenvalue weighted by Crippen LogP contribution is 2.16. The molecule has 60 valence electrons. The van der Waals surface area contributed by atoms with E-state index < -0.39 is 5.97 Å². The third kappa shape index (κ3) is 3.43. The van der Waals surface area contributed by atoms with Gasteiger partial charge in [0.25, 0.3) is 0 Å². The molecule has 1 rings (SSSR count). The molecule has 0 atom stereocenters. The third-order valence-corrected chi connectivity index (χ3v) is 3.06. The fraction of sp³-hybridized carbons (Fsp3) is 0.286. The molecule has 0 radical (unpaired) electrons. The Morgan fingerprint density at radius 3 is 3.09 bits per heavy atom. The van der Waals surface area contributed by atoms with E-state index in [0.29, 0.717) is 0 Å². The van der Waals surface area contributed by atoms with Gasteiger partial charge in [-0.15, -0.1) is 11.3 Å². The molecule has 0 amide bonds. The van der Waals surface area contributed by atoms with Gasteiger partial charge in [-0.2, -0.15) is 11.8 Å². The maximum absolute atomic E-state index is 10.00. The minimum Gasteiger partial charge on any atom is -0.549 e. The molecule has 0 spiro atoms. The summed E-state index contributed by atoms with van der Waals surface area (Å²) in [6.45, 7) is 0. The van der Waals surface area contributed by atoms with Crippen LogP contribution in [0.2, 0.25) is 0 Å². The van der Waals surface area contributed by atoms with Gasteiger partial charge in [0, 0.05) is 16.4 Å². The molecule has 0 aliphatic carbocycles. The Kier molecular flexibility index (Phi) is 3.45. The molecule has 4 heteroatoms. The second-order valence-electron chi connectivity index (χ2n) is 1.94. The van der Waals surface area contributed by atoms with E-state index in [-0.39, 0.29) is 5.75 Å². The minimum atomic E-state index is -0.994. The van der Waals surface area contributed by atoms with E-state index in [0.717, 1.165) is 5.75 Å². The van der Waals surface area contributed by atoms with Gasteiger partial charge in [-0.05, 0) is 11.4 Å². The number of thiophene rings is 1. The van der Waals surface area contributed by atoms with Crippen LogP contribution in [0.25, 0.3) is 0 Å². The number of rotatable bonds is 4. The van der Waals surface area contributed by atoms with E-state index in [1.54, 1.807) is 11.3 Å². The van der Waals surface area contributed by atoms with Crippen molar-refractivity contribution in [3.63, 3.8) is 0 Å². The van der Waals surface area contributed by atoms with E-state index in [9.17, 15) is 9.90 Å². The molecule has 0 aromatic carbocycles. The van der Waals surface area contributed by atoms with Gasteiger partial charge >= 0.3 is 0 Å². The fourth-order valence-electron chi connectivity index (χ4n) is 0.630. The molecule has 0 N–H and O–H groups in total. The molecule has 0 unspecified atom stereocenters. The summed E-state index contributed by atoms with van der Waals surface area (Å²) in [5, 5.41) is 12.0. The lowest BCUT2D eigenvalue weighted by molar-refractivity contribution is -0.301. The van der Waals surface area contributed by atoms with E-state index in [1.165, 1.54) is 16.6 Å². The highest BCUT2D eigenvalue weighted by Gasteiger charge is 1.93. The van der Waals surface area contributed by atoms with Crippen LogP contribution in [0.5, 0.6) is 0 Å². The topological polar surface area (TPSA) is 40.1 Å². The smallest absolute Gasteiger partial charge is 0.0513 e. The Bertz CT molecular complexity index is 218. The minimum absolute atomic E-state index is 0.0812. The normalized spacial score (nSPS) is 9.82. The lowest BCUT2D eigenvalue weighted by atomic mass is 10.5. The molecule has 0 aliphatic heterocycles. The van der Waals surface area contributed by atoms with Crippen molar-refractivity contribution in [2.45, 2.75) is 5.75 Å². The van der Waals surface area contributed by atoms with Crippen molar-refractivity contribution in [1.82, 2.24) is 0 Å². The molecule has 0 bridgehead atoms. The zero-order chi connectivity index (χ0) is 8.10. The number of carbonyl (C=O) groups is 1. The lowest BCUT2D eigenvalue weighted by Gasteiger charge is -1.99. The number of carboxylic acid groups (broad SMARTS) is 1. The van der Waals surface area contributed by atoms with E-state index in [2.05, 4.69) is 0 Å². The highest BCUT2D eigenvalue weighted by atomic mass is 32.2. The number of carboxylic acids is 1. The van der Waals surface area contributed by atoms with Crippen molar-refractivity contribution in [3.05, 3.63) is 22.4 Å². The summed E-state index contributed by atoms with van der Waals surface area (Å²) in [4.78, 5) is 11.2. The zero-order valence-electron chi connectivity index (χ0n) is 5.78. The summed E-state index contributed by atoms with van der Waals surface area (Å²) >= 11 is 3.01. The SMILES string of the molecule is O=C([O-])CSCc1cccs1.